The minimum atomic E-state index is -3.02. The number of nitrogens with zero attached hydrogens (tertiary/aromatic N) is 1. The average Bonchev–Trinajstić information content (AvgIpc) is 2.78. The van der Waals surface area contributed by atoms with Gasteiger partial charge in [-0.05, 0) is 31.0 Å². The quantitative estimate of drug-likeness (QED) is 0.883. The van der Waals surface area contributed by atoms with Gasteiger partial charge in [0.1, 0.15) is 0 Å². The fourth-order valence-corrected chi connectivity index (χ4v) is 4.11. The fourth-order valence-electron chi connectivity index (χ4n) is 2.33. The van der Waals surface area contributed by atoms with Gasteiger partial charge in [-0.2, -0.15) is 0 Å². The molecule has 7 heteroatoms. The summed E-state index contributed by atoms with van der Waals surface area (Å²) in [6.07, 6.45) is -0.139. The molecule has 1 aromatic rings. The number of nitrogens with one attached hydrogen (secondary N) is 1. The lowest BCUT2D eigenvalue weighted by atomic mass is 10.1. The van der Waals surface area contributed by atoms with E-state index in [0.29, 0.717) is 17.7 Å². The van der Waals surface area contributed by atoms with E-state index >= 15 is 0 Å². The van der Waals surface area contributed by atoms with Crippen molar-refractivity contribution >= 4 is 21.6 Å². The van der Waals surface area contributed by atoms with E-state index < -0.39 is 15.9 Å². The first-order valence-electron chi connectivity index (χ1n) is 6.81. The van der Waals surface area contributed by atoms with Gasteiger partial charge in [-0.25, -0.2) is 13.2 Å². The van der Waals surface area contributed by atoms with E-state index in [4.69, 9.17) is 0 Å². The number of aliphatic hydroxyl groups is 1. The normalized spacial score (nSPS) is 21.8. The highest BCUT2D eigenvalue weighted by Crippen LogP contribution is 2.20. The van der Waals surface area contributed by atoms with Crippen molar-refractivity contribution in [2.45, 2.75) is 25.5 Å². The summed E-state index contributed by atoms with van der Waals surface area (Å²) in [5.41, 5.74) is 1.28. The predicted molar refractivity (Wildman–Crippen MR) is 80.9 cm³/mol. The number of hydrogen-bond donors (Lipinski definition) is 2. The van der Waals surface area contributed by atoms with Crippen molar-refractivity contribution in [3.05, 3.63) is 29.8 Å². The smallest absolute Gasteiger partial charge is 0.321 e. The Hall–Kier alpha value is -1.60. The first-order chi connectivity index (χ1) is 9.78. The Bertz CT molecular complexity index is 628. The van der Waals surface area contributed by atoms with Crippen molar-refractivity contribution in [2.75, 3.05) is 23.9 Å². The molecule has 1 aliphatic rings. The van der Waals surface area contributed by atoms with Crippen LogP contribution in [0.4, 0.5) is 10.5 Å². The maximum absolute atomic E-state index is 12.1. The Morgan fingerprint density at radius 3 is 2.76 bits per heavy atom. The number of anilines is 1. The Kier molecular flexibility index (Phi) is 4.53. The van der Waals surface area contributed by atoms with Crippen molar-refractivity contribution in [3.63, 3.8) is 0 Å². The molecule has 0 bridgehead atoms. The number of sulfone groups is 1. The van der Waals surface area contributed by atoms with Gasteiger partial charge in [-0.3, -0.25) is 0 Å². The third-order valence-corrected chi connectivity index (χ3v) is 5.45. The molecule has 6 nitrogen and oxygen atoms in total. The van der Waals surface area contributed by atoms with Crippen LogP contribution in [-0.2, 0) is 9.84 Å². The molecule has 1 heterocycles. The fraction of sp³-hybridized carbons (Fsp3) is 0.500. The molecule has 1 saturated heterocycles. The summed E-state index contributed by atoms with van der Waals surface area (Å²) in [6, 6.07) is 6.31. The standard InChI is InChI=1S/C14H20N2O4S/c1-10(17)11-4-3-5-12(8-11)15-14(18)16(2)13-6-7-21(19,20)9-13/h3-5,8,10,13,17H,6-7,9H2,1-2H3,(H,15,18). The topological polar surface area (TPSA) is 86.7 Å². The summed E-state index contributed by atoms with van der Waals surface area (Å²) in [4.78, 5) is 13.6. The summed E-state index contributed by atoms with van der Waals surface area (Å²) in [5.74, 6) is 0.150. The van der Waals surface area contributed by atoms with Gasteiger partial charge in [0.25, 0.3) is 0 Å². The lowest BCUT2D eigenvalue weighted by Gasteiger charge is -2.23. The summed E-state index contributed by atoms with van der Waals surface area (Å²) < 4.78 is 22.9. The molecule has 1 aromatic carbocycles. The molecule has 2 atom stereocenters. The van der Waals surface area contributed by atoms with Crippen LogP contribution in [0.3, 0.4) is 0 Å². The number of benzene rings is 1. The molecule has 2 unspecified atom stereocenters. The third kappa shape index (κ3) is 3.95. The lowest BCUT2D eigenvalue weighted by molar-refractivity contribution is 0.199. The Labute approximate surface area is 124 Å². The highest BCUT2D eigenvalue weighted by atomic mass is 32.2. The van der Waals surface area contributed by atoms with Crippen LogP contribution in [0.5, 0.6) is 0 Å². The number of hydrogen-bond acceptors (Lipinski definition) is 4. The number of amides is 2. The van der Waals surface area contributed by atoms with Crippen LogP contribution in [0.15, 0.2) is 24.3 Å². The molecular weight excluding hydrogens is 292 g/mol. The summed E-state index contributed by atoms with van der Waals surface area (Å²) >= 11 is 0. The number of rotatable bonds is 3. The highest BCUT2D eigenvalue weighted by Gasteiger charge is 2.32. The van der Waals surface area contributed by atoms with Crippen molar-refractivity contribution in [1.82, 2.24) is 4.90 Å². The molecule has 0 radical (unpaired) electrons. The summed E-state index contributed by atoms with van der Waals surface area (Å²) in [7, 11) is -1.42. The molecule has 0 spiro atoms. The molecule has 21 heavy (non-hydrogen) atoms. The Morgan fingerprint density at radius 2 is 2.19 bits per heavy atom. The van der Waals surface area contributed by atoms with Crippen LogP contribution in [0, 0.1) is 0 Å². The average molecular weight is 312 g/mol. The van der Waals surface area contributed by atoms with Crippen LogP contribution in [0.2, 0.25) is 0 Å². The van der Waals surface area contributed by atoms with Gasteiger partial charge in [0, 0.05) is 18.8 Å². The lowest BCUT2D eigenvalue weighted by Crippen LogP contribution is -2.40. The summed E-state index contributed by atoms with van der Waals surface area (Å²) in [6.45, 7) is 1.65. The van der Waals surface area contributed by atoms with Crippen LogP contribution in [0.25, 0.3) is 0 Å². The Balaban J connectivity index is 2.03. The SMILES string of the molecule is CC(O)c1cccc(NC(=O)N(C)C2CCS(=O)(=O)C2)c1. The number of carbonyl (C=O) groups is 1. The number of carbonyl (C=O) groups excluding carboxylic acids is 1. The molecule has 0 aromatic heterocycles. The van der Waals surface area contributed by atoms with E-state index in [1.165, 1.54) is 4.90 Å². The Morgan fingerprint density at radius 1 is 1.48 bits per heavy atom. The molecule has 0 aliphatic carbocycles. The molecule has 0 saturated carbocycles. The first kappa shape index (κ1) is 15.8. The third-order valence-electron chi connectivity index (χ3n) is 3.70. The van der Waals surface area contributed by atoms with E-state index in [1.54, 1.807) is 38.2 Å². The van der Waals surface area contributed by atoms with Gasteiger partial charge >= 0.3 is 6.03 Å². The molecule has 1 fully saturated rings. The zero-order valence-electron chi connectivity index (χ0n) is 12.1. The van der Waals surface area contributed by atoms with Crippen molar-refractivity contribution < 1.29 is 18.3 Å². The van der Waals surface area contributed by atoms with Crippen molar-refractivity contribution in [1.29, 1.82) is 0 Å². The van der Waals surface area contributed by atoms with Crippen molar-refractivity contribution in [3.8, 4) is 0 Å². The minimum absolute atomic E-state index is 0.0185. The number of aliphatic hydroxyl groups excluding tert-OH is 1. The maximum atomic E-state index is 12.1. The number of urea groups is 1. The first-order valence-corrected chi connectivity index (χ1v) is 8.63. The van der Waals surface area contributed by atoms with Gasteiger partial charge < -0.3 is 15.3 Å². The van der Waals surface area contributed by atoms with Crippen LogP contribution in [-0.4, -0.2) is 49.1 Å². The second-order valence-electron chi connectivity index (χ2n) is 5.40. The largest absolute Gasteiger partial charge is 0.389 e. The molecule has 1 aliphatic heterocycles. The van der Waals surface area contributed by atoms with Gasteiger partial charge in [-0.1, -0.05) is 12.1 Å². The second kappa shape index (κ2) is 6.03. The zero-order valence-corrected chi connectivity index (χ0v) is 12.9. The minimum Gasteiger partial charge on any atom is -0.389 e. The molecule has 2 N–H and O–H groups in total. The van der Waals surface area contributed by atoms with Gasteiger partial charge in [0.05, 0.1) is 17.6 Å². The van der Waals surface area contributed by atoms with Crippen molar-refractivity contribution in [2.24, 2.45) is 0 Å². The van der Waals surface area contributed by atoms with Crippen LogP contribution in [0.1, 0.15) is 25.0 Å². The van der Waals surface area contributed by atoms with Gasteiger partial charge in [-0.15, -0.1) is 0 Å². The molecule has 116 valence electrons. The highest BCUT2D eigenvalue weighted by molar-refractivity contribution is 7.91. The van der Waals surface area contributed by atoms with Gasteiger partial charge in [0.2, 0.25) is 0 Å². The van der Waals surface area contributed by atoms with E-state index in [1.807, 2.05) is 0 Å². The molecular formula is C14H20N2O4S. The summed E-state index contributed by atoms with van der Waals surface area (Å²) in [5, 5.41) is 12.3. The second-order valence-corrected chi connectivity index (χ2v) is 7.63. The van der Waals surface area contributed by atoms with E-state index in [2.05, 4.69) is 5.32 Å². The zero-order chi connectivity index (χ0) is 15.6. The molecule has 2 rings (SSSR count). The predicted octanol–water partition coefficient (Wildman–Crippen LogP) is 1.39. The van der Waals surface area contributed by atoms with Crippen LogP contribution < -0.4 is 5.32 Å². The van der Waals surface area contributed by atoms with E-state index in [9.17, 15) is 18.3 Å². The maximum Gasteiger partial charge on any atom is 0.321 e. The van der Waals surface area contributed by atoms with Crippen LogP contribution >= 0.6 is 0 Å². The monoisotopic (exact) mass is 312 g/mol. The van der Waals surface area contributed by atoms with E-state index in [-0.39, 0.29) is 23.6 Å². The van der Waals surface area contributed by atoms with Gasteiger partial charge in [0.15, 0.2) is 9.84 Å². The molecule has 2 amide bonds. The van der Waals surface area contributed by atoms with E-state index in [0.717, 1.165) is 0 Å².